The van der Waals surface area contributed by atoms with Crippen molar-refractivity contribution in [2.24, 2.45) is 5.92 Å². The number of hydrogen-bond donors (Lipinski definition) is 0. The maximum absolute atomic E-state index is 12.4. The van der Waals surface area contributed by atoms with Crippen LogP contribution in [-0.4, -0.2) is 21.0 Å². The molecule has 1 atom stereocenters. The highest BCUT2D eigenvalue weighted by Crippen LogP contribution is 2.36. The Hall–Kier alpha value is -1.70. The molecule has 116 valence electrons. The summed E-state index contributed by atoms with van der Waals surface area (Å²) < 4.78 is 68.9. The Morgan fingerprint density at radius 1 is 1.29 bits per heavy atom. The zero-order valence-electron chi connectivity index (χ0n) is 11.3. The number of alkyl halides is 3. The van der Waals surface area contributed by atoms with Gasteiger partial charge in [-0.15, -0.1) is 0 Å². The van der Waals surface area contributed by atoms with Gasteiger partial charge in [0.05, 0.1) is 7.11 Å². The van der Waals surface area contributed by atoms with Crippen molar-refractivity contribution in [1.82, 2.24) is 0 Å². The molecule has 0 aromatic heterocycles. The predicted octanol–water partition coefficient (Wildman–Crippen LogP) is 3.09. The molecule has 0 heterocycles. The van der Waals surface area contributed by atoms with Gasteiger partial charge in [-0.2, -0.15) is 21.6 Å². The van der Waals surface area contributed by atoms with Gasteiger partial charge < -0.3 is 8.92 Å². The standard InChI is InChI=1S/C13H13F3O4S/c1-8-5-9-7-10(19-2)3-4-11(9)12(6-8)20-21(17,18)13(14,15)16/h3-4,6-8H,5H2,1-2H3. The van der Waals surface area contributed by atoms with Gasteiger partial charge in [-0.25, -0.2) is 0 Å². The molecular formula is C13H13F3O4S. The minimum absolute atomic E-state index is 0.150. The zero-order chi connectivity index (χ0) is 15.8. The summed E-state index contributed by atoms with van der Waals surface area (Å²) in [6, 6.07) is 4.67. The first-order valence-electron chi connectivity index (χ1n) is 6.04. The third-order valence-corrected chi connectivity index (χ3v) is 4.00. The van der Waals surface area contributed by atoms with Crippen LogP contribution in [0, 0.1) is 5.92 Å². The number of rotatable bonds is 3. The van der Waals surface area contributed by atoms with E-state index in [9.17, 15) is 21.6 Å². The van der Waals surface area contributed by atoms with Crippen LogP contribution < -0.4 is 4.74 Å². The second-order valence-corrected chi connectivity index (χ2v) is 6.26. The molecule has 1 aliphatic rings. The van der Waals surface area contributed by atoms with E-state index in [1.165, 1.54) is 25.3 Å². The molecule has 0 radical (unpaired) electrons. The average molecular weight is 322 g/mol. The first-order valence-corrected chi connectivity index (χ1v) is 7.45. The van der Waals surface area contributed by atoms with E-state index < -0.39 is 15.6 Å². The van der Waals surface area contributed by atoms with Crippen molar-refractivity contribution < 1.29 is 30.5 Å². The van der Waals surface area contributed by atoms with E-state index in [1.807, 2.05) is 0 Å². The van der Waals surface area contributed by atoms with Crippen molar-refractivity contribution in [3.05, 3.63) is 35.4 Å². The smallest absolute Gasteiger partial charge is 0.497 e. The number of methoxy groups -OCH3 is 1. The fraction of sp³-hybridized carbons (Fsp3) is 0.385. The Kier molecular flexibility index (Phi) is 3.92. The number of fused-ring (bicyclic) bond motifs is 1. The molecule has 1 unspecified atom stereocenters. The third kappa shape index (κ3) is 3.15. The van der Waals surface area contributed by atoms with Gasteiger partial charge in [0, 0.05) is 5.56 Å². The van der Waals surface area contributed by atoms with E-state index in [1.54, 1.807) is 13.0 Å². The minimum Gasteiger partial charge on any atom is -0.497 e. The summed E-state index contributed by atoms with van der Waals surface area (Å²) in [6.45, 7) is 1.76. The van der Waals surface area contributed by atoms with Gasteiger partial charge in [0.15, 0.2) is 0 Å². The molecule has 0 aliphatic heterocycles. The second-order valence-electron chi connectivity index (χ2n) is 4.72. The van der Waals surface area contributed by atoms with Gasteiger partial charge in [0.2, 0.25) is 0 Å². The Morgan fingerprint density at radius 3 is 2.52 bits per heavy atom. The summed E-state index contributed by atoms with van der Waals surface area (Å²) >= 11 is 0. The van der Waals surface area contributed by atoms with Crippen molar-refractivity contribution in [2.45, 2.75) is 18.9 Å². The maximum Gasteiger partial charge on any atom is 0.534 e. The summed E-state index contributed by atoms with van der Waals surface area (Å²) in [7, 11) is -4.21. The molecule has 0 bridgehead atoms. The summed E-state index contributed by atoms with van der Waals surface area (Å²) in [5.74, 6) is 0.0904. The zero-order valence-corrected chi connectivity index (χ0v) is 12.1. The molecule has 8 heteroatoms. The Morgan fingerprint density at radius 2 is 1.95 bits per heavy atom. The first-order chi connectivity index (χ1) is 9.64. The van der Waals surface area contributed by atoms with Crippen molar-refractivity contribution in [3.8, 4) is 5.75 Å². The number of ether oxygens (including phenoxy) is 1. The van der Waals surface area contributed by atoms with E-state index in [2.05, 4.69) is 4.18 Å². The lowest BCUT2D eigenvalue weighted by Gasteiger charge is -2.22. The molecule has 0 fully saturated rings. The van der Waals surface area contributed by atoms with Gasteiger partial charge in [-0.3, -0.25) is 0 Å². The lowest BCUT2D eigenvalue weighted by atomic mass is 9.89. The summed E-state index contributed by atoms with van der Waals surface area (Å²) in [5.41, 5.74) is -4.46. The van der Waals surface area contributed by atoms with Crippen LogP contribution in [0.2, 0.25) is 0 Å². The Balaban J connectivity index is 2.42. The molecule has 21 heavy (non-hydrogen) atoms. The van der Waals surface area contributed by atoms with Gasteiger partial charge >= 0.3 is 15.6 Å². The van der Waals surface area contributed by atoms with Crippen molar-refractivity contribution >= 4 is 15.9 Å². The first kappa shape index (κ1) is 15.7. The van der Waals surface area contributed by atoms with E-state index in [0.29, 0.717) is 23.3 Å². The Labute approximate surface area is 120 Å². The fourth-order valence-corrected chi connectivity index (χ4v) is 2.57. The van der Waals surface area contributed by atoms with Crippen LogP contribution in [0.3, 0.4) is 0 Å². The highest BCUT2D eigenvalue weighted by Gasteiger charge is 2.49. The third-order valence-electron chi connectivity index (χ3n) is 3.04. The topological polar surface area (TPSA) is 52.6 Å². The number of benzene rings is 1. The van der Waals surface area contributed by atoms with Crippen LogP contribution in [0.15, 0.2) is 24.3 Å². The summed E-state index contributed by atoms with van der Waals surface area (Å²) in [4.78, 5) is 0. The molecule has 1 aromatic rings. The molecule has 0 spiro atoms. The molecule has 1 aliphatic carbocycles. The summed E-state index contributed by atoms with van der Waals surface area (Å²) in [6.07, 6.45) is 1.93. The molecule has 2 rings (SSSR count). The molecule has 1 aromatic carbocycles. The van der Waals surface area contributed by atoms with Crippen LogP contribution in [-0.2, 0) is 20.7 Å². The monoisotopic (exact) mass is 322 g/mol. The fourth-order valence-electron chi connectivity index (χ4n) is 2.10. The lowest BCUT2D eigenvalue weighted by Crippen LogP contribution is -2.26. The second kappa shape index (κ2) is 5.25. The van der Waals surface area contributed by atoms with Crippen LogP contribution >= 0.6 is 0 Å². The van der Waals surface area contributed by atoms with Crippen LogP contribution in [0.5, 0.6) is 5.75 Å². The highest BCUT2D eigenvalue weighted by molar-refractivity contribution is 7.87. The molecule has 0 amide bonds. The van der Waals surface area contributed by atoms with Crippen molar-refractivity contribution in [3.63, 3.8) is 0 Å². The van der Waals surface area contributed by atoms with Crippen LogP contribution in [0.4, 0.5) is 13.2 Å². The minimum atomic E-state index is -5.68. The van der Waals surface area contributed by atoms with Crippen LogP contribution in [0.1, 0.15) is 18.1 Å². The SMILES string of the molecule is COc1ccc2c(c1)CC(C)C=C2OS(=O)(=O)C(F)(F)F. The highest BCUT2D eigenvalue weighted by atomic mass is 32.2. The normalized spacial score (nSPS) is 18.7. The average Bonchev–Trinajstić information content (AvgIpc) is 2.35. The summed E-state index contributed by atoms with van der Waals surface area (Å²) in [5, 5.41) is 0. The van der Waals surface area contributed by atoms with Gasteiger partial charge in [-0.1, -0.05) is 6.92 Å². The molecule has 4 nitrogen and oxygen atoms in total. The van der Waals surface area contributed by atoms with E-state index in [-0.39, 0.29) is 11.7 Å². The van der Waals surface area contributed by atoms with E-state index in [0.717, 1.165) is 0 Å². The van der Waals surface area contributed by atoms with Crippen molar-refractivity contribution in [2.75, 3.05) is 7.11 Å². The van der Waals surface area contributed by atoms with Gasteiger partial charge in [-0.05, 0) is 42.2 Å². The van der Waals surface area contributed by atoms with Gasteiger partial charge in [0.25, 0.3) is 0 Å². The van der Waals surface area contributed by atoms with Crippen molar-refractivity contribution in [1.29, 1.82) is 0 Å². The largest absolute Gasteiger partial charge is 0.534 e. The quantitative estimate of drug-likeness (QED) is 0.634. The van der Waals surface area contributed by atoms with E-state index in [4.69, 9.17) is 4.74 Å². The van der Waals surface area contributed by atoms with Gasteiger partial charge in [0.1, 0.15) is 11.5 Å². The molecule has 0 N–H and O–H groups in total. The molecule has 0 saturated carbocycles. The number of halogens is 3. The molecule has 0 saturated heterocycles. The predicted molar refractivity (Wildman–Crippen MR) is 69.9 cm³/mol. The van der Waals surface area contributed by atoms with E-state index >= 15 is 0 Å². The number of hydrogen-bond acceptors (Lipinski definition) is 4. The Bertz CT molecular complexity index is 677. The number of allylic oxidation sites excluding steroid dienone is 1. The van der Waals surface area contributed by atoms with Crippen LogP contribution in [0.25, 0.3) is 5.76 Å². The lowest BCUT2D eigenvalue weighted by molar-refractivity contribution is -0.0509. The molecular weight excluding hydrogens is 309 g/mol. The maximum atomic E-state index is 12.4.